The van der Waals surface area contributed by atoms with Gasteiger partial charge in [0.15, 0.2) is 5.16 Å². The number of amides is 1. The molecule has 0 aliphatic carbocycles. The zero-order chi connectivity index (χ0) is 19.6. The highest BCUT2D eigenvalue weighted by atomic mass is 32.2. The summed E-state index contributed by atoms with van der Waals surface area (Å²) in [5.74, 6) is 0.592. The summed E-state index contributed by atoms with van der Waals surface area (Å²) in [7, 11) is 0. The maximum atomic E-state index is 12.6. The number of hydrogen-bond donors (Lipinski definition) is 2. The van der Waals surface area contributed by atoms with Crippen molar-refractivity contribution in [1.82, 2.24) is 15.2 Å². The number of hydrogen-bond acceptors (Lipinski definition) is 5. The number of nitrogens with zero attached hydrogens (tertiary/aromatic N) is 2. The number of carbonyl (C=O) groups is 1. The number of nitrogens with one attached hydrogen (secondary N) is 2. The second-order valence-corrected chi connectivity index (χ2v) is 7.50. The van der Waals surface area contributed by atoms with Crippen LogP contribution in [0.15, 0.2) is 82.6 Å². The predicted octanol–water partition coefficient (Wildman–Crippen LogP) is 5.25. The van der Waals surface area contributed by atoms with Gasteiger partial charge in [0.25, 0.3) is 5.91 Å². The van der Waals surface area contributed by atoms with E-state index in [0.29, 0.717) is 11.3 Å². The highest BCUT2D eigenvalue weighted by Crippen LogP contribution is 2.30. The van der Waals surface area contributed by atoms with Crippen LogP contribution in [0.5, 0.6) is 0 Å². The molecule has 5 aromatic rings. The van der Waals surface area contributed by atoms with Crippen molar-refractivity contribution in [3.8, 4) is 0 Å². The molecule has 3 aromatic carbocycles. The minimum atomic E-state index is -0.158. The van der Waals surface area contributed by atoms with Gasteiger partial charge >= 0.3 is 0 Å². The normalized spacial score (nSPS) is 11.2. The summed E-state index contributed by atoms with van der Waals surface area (Å²) in [6, 6.07) is 21.2. The standard InChI is InChI=1S/C22H16N4O2S/c27-21(15-7-5-14(6-8-15)12-29-22-23-13-24-26-22)25-16-9-10-18-17-3-1-2-4-19(17)28-20(18)11-16/h1-11,13H,12H2,(H,25,27)(H,23,24,26). The Morgan fingerprint density at radius 3 is 2.66 bits per heavy atom. The fourth-order valence-corrected chi connectivity index (χ4v) is 3.91. The highest BCUT2D eigenvalue weighted by Gasteiger charge is 2.10. The Morgan fingerprint density at radius 2 is 1.83 bits per heavy atom. The van der Waals surface area contributed by atoms with Gasteiger partial charge in [-0.05, 0) is 35.9 Å². The van der Waals surface area contributed by atoms with Gasteiger partial charge in [-0.2, -0.15) is 5.10 Å². The van der Waals surface area contributed by atoms with E-state index in [1.54, 1.807) is 11.8 Å². The summed E-state index contributed by atoms with van der Waals surface area (Å²) >= 11 is 1.56. The topological polar surface area (TPSA) is 83.8 Å². The van der Waals surface area contributed by atoms with E-state index < -0.39 is 0 Å². The van der Waals surface area contributed by atoms with Gasteiger partial charge in [0.1, 0.15) is 17.5 Å². The lowest BCUT2D eigenvalue weighted by atomic mass is 10.1. The van der Waals surface area contributed by atoms with E-state index in [4.69, 9.17) is 4.42 Å². The molecule has 0 saturated carbocycles. The molecule has 0 radical (unpaired) electrons. The SMILES string of the molecule is O=C(Nc1ccc2c(c1)oc1ccccc12)c1ccc(CSc2ncn[nH]2)cc1. The third-order valence-corrected chi connectivity index (χ3v) is 5.57. The molecule has 0 unspecified atom stereocenters. The quantitative estimate of drug-likeness (QED) is 0.394. The molecule has 29 heavy (non-hydrogen) atoms. The molecule has 2 heterocycles. The molecule has 6 nitrogen and oxygen atoms in total. The van der Waals surface area contributed by atoms with E-state index in [2.05, 4.69) is 20.5 Å². The molecule has 2 aromatic heterocycles. The van der Waals surface area contributed by atoms with Crippen LogP contribution in [-0.4, -0.2) is 21.1 Å². The first-order valence-corrected chi connectivity index (χ1v) is 10.0. The second-order valence-electron chi connectivity index (χ2n) is 6.54. The highest BCUT2D eigenvalue weighted by molar-refractivity contribution is 7.98. The molecule has 0 aliphatic heterocycles. The summed E-state index contributed by atoms with van der Waals surface area (Å²) in [6.07, 6.45) is 1.48. The van der Waals surface area contributed by atoms with Crippen LogP contribution >= 0.6 is 11.8 Å². The van der Waals surface area contributed by atoms with E-state index in [9.17, 15) is 4.79 Å². The molecule has 0 saturated heterocycles. The molecular weight excluding hydrogens is 384 g/mol. The van der Waals surface area contributed by atoms with Gasteiger partial charge in [0.2, 0.25) is 0 Å². The molecule has 7 heteroatoms. The third-order valence-electron chi connectivity index (χ3n) is 4.62. The molecule has 1 amide bonds. The van der Waals surface area contributed by atoms with E-state index in [-0.39, 0.29) is 5.91 Å². The Hall–Kier alpha value is -3.58. The summed E-state index contributed by atoms with van der Waals surface area (Å²) in [4.78, 5) is 16.7. The predicted molar refractivity (Wildman–Crippen MR) is 114 cm³/mol. The number of benzene rings is 3. The number of rotatable bonds is 5. The molecule has 0 aliphatic rings. The number of aromatic nitrogens is 3. The zero-order valence-corrected chi connectivity index (χ0v) is 16.1. The van der Waals surface area contributed by atoms with Gasteiger partial charge in [-0.15, -0.1) is 0 Å². The number of H-pyrrole nitrogens is 1. The van der Waals surface area contributed by atoms with Crippen molar-refractivity contribution in [2.75, 3.05) is 5.32 Å². The van der Waals surface area contributed by atoms with Crippen LogP contribution in [0, 0.1) is 0 Å². The summed E-state index contributed by atoms with van der Waals surface area (Å²) in [5, 5.41) is 12.5. The van der Waals surface area contributed by atoms with Gasteiger partial charge in [0.05, 0.1) is 0 Å². The molecule has 142 valence electrons. The maximum absolute atomic E-state index is 12.6. The lowest BCUT2D eigenvalue weighted by Gasteiger charge is -2.06. The Labute approximate surface area is 170 Å². The number of carbonyl (C=O) groups excluding carboxylic acids is 1. The Balaban J connectivity index is 1.30. The van der Waals surface area contributed by atoms with Crippen LogP contribution in [-0.2, 0) is 5.75 Å². The Bertz CT molecular complexity index is 1290. The van der Waals surface area contributed by atoms with Crippen molar-refractivity contribution in [2.24, 2.45) is 0 Å². The average Bonchev–Trinajstić information content (AvgIpc) is 3.40. The molecular formula is C22H16N4O2S. The summed E-state index contributed by atoms with van der Waals surface area (Å²) in [6.45, 7) is 0. The molecule has 5 rings (SSSR count). The van der Waals surface area contributed by atoms with Crippen molar-refractivity contribution < 1.29 is 9.21 Å². The third kappa shape index (κ3) is 3.60. The Morgan fingerprint density at radius 1 is 1.00 bits per heavy atom. The van der Waals surface area contributed by atoms with Crippen molar-refractivity contribution in [3.63, 3.8) is 0 Å². The smallest absolute Gasteiger partial charge is 0.255 e. The van der Waals surface area contributed by atoms with Crippen LogP contribution in [0.4, 0.5) is 5.69 Å². The average molecular weight is 400 g/mol. The van der Waals surface area contributed by atoms with Crippen molar-refractivity contribution >= 4 is 45.3 Å². The first-order chi connectivity index (χ1) is 14.3. The fraction of sp³-hybridized carbons (Fsp3) is 0.0455. The first-order valence-electron chi connectivity index (χ1n) is 9.06. The van der Waals surface area contributed by atoms with Gasteiger partial charge in [-0.3, -0.25) is 9.89 Å². The van der Waals surface area contributed by atoms with Gasteiger partial charge in [-0.25, -0.2) is 4.98 Å². The summed E-state index contributed by atoms with van der Waals surface area (Å²) in [5.41, 5.74) is 4.00. The van der Waals surface area contributed by atoms with Crippen LogP contribution < -0.4 is 5.32 Å². The molecule has 0 atom stereocenters. The minimum Gasteiger partial charge on any atom is -0.456 e. The number of para-hydroxylation sites is 1. The van der Waals surface area contributed by atoms with E-state index in [1.165, 1.54) is 6.33 Å². The van der Waals surface area contributed by atoms with Gasteiger partial charge in [-0.1, -0.05) is 42.1 Å². The largest absolute Gasteiger partial charge is 0.456 e. The fourth-order valence-electron chi connectivity index (χ4n) is 3.17. The Kier molecular flexibility index (Phi) is 4.50. The number of thioether (sulfide) groups is 1. The maximum Gasteiger partial charge on any atom is 0.255 e. The van der Waals surface area contributed by atoms with E-state index in [1.807, 2.05) is 66.7 Å². The van der Waals surface area contributed by atoms with Crippen LogP contribution in [0.2, 0.25) is 0 Å². The van der Waals surface area contributed by atoms with Crippen molar-refractivity contribution in [1.29, 1.82) is 0 Å². The lowest BCUT2D eigenvalue weighted by molar-refractivity contribution is 0.102. The second kappa shape index (κ2) is 7.44. The number of furan rings is 1. The van der Waals surface area contributed by atoms with E-state index >= 15 is 0 Å². The monoisotopic (exact) mass is 400 g/mol. The van der Waals surface area contributed by atoms with Gasteiger partial charge in [0, 0.05) is 33.8 Å². The molecule has 0 bridgehead atoms. The van der Waals surface area contributed by atoms with Crippen LogP contribution in [0.1, 0.15) is 15.9 Å². The van der Waals surface area contributed by atoms with Gasteiger partial charge < -0.3 is 9.73 Å². The molecule has 2 N–H and O–H groups in total. The minimum absolute atomic E-state index is 0.158. The van der Waals surface area contributed by atoms with Crippen molar-refractivity contribution in [2.45, 2.75) is 10.9 Å². The van der Waals surface area contributed by atoms with Crippen LogP contribution in [0.25, 0.3) is 21.9 Å². The van der Waals surface area contributed by atoms with Crippen LogP contribution in [0.3, 0.4) is 0 Å². The number of anilines is 1. The molecule has 0 spiro atoms. The van der Waals surface area contributed by atoms with E-state index in [0.717, 1.165) is 38.4 Å². The number of aromatic amines is 1. The summed E-state index contributed by atoms with van der Waals surface area (Å²) < 4.78 is 5.89. The van der Waals surface area contributed by atoms with Crippen molar-refractivity contribution in [3.05, 3.63) is 84.2 Å². The molecule has 0 fully saturated rings. The lowest BCUT2D eigenvalue weighted by Crippen LogP contribution is -2.11. The zero-order valence-electron chi connectivity index (χ0n) is 15.3. The number of fused-ring (bicyclic) bond motifs is 3. The first kappa shape index (κ1) is 17.5.